The van der Waals surface area contributed by atoms with Gasteiger partial charge in [0.05, 0.1) is 5.41 Å². The number of nitrogens with zero attached hydrogens (tertiary/aromatic N) is 3. The predicted molar refractivity (Wildman–Crippen MR) is 186 cm³/mol. The summed E-state index contributed by atoms with van der Waals surface area (Å²) in [6, 6.07) is 28.5. The third kappa shape index (κ3) is 5.68. The lowest BCUT2D eigenvalue weighted by atomic mass is 9.70. The molecule has 2 aliphatic rings. The van der Waals surface area contributed by atoms with Gasteiger partial charge in [-0.3, -0.25) is 14.5 Å². The number of nitrogen functional groups attached to an aromatic ring is 1. The fraction of sp³-hybridized carbons (Fsp3) is 0.206. The smallest absolute Gasteiger partial charge is 0.352 e. The Morgan fingerprint density at radius 2 is 1.57 bits per heavy atom. The highest BCUT2D eigenvalue weighted by molar-refractivity contribution is 8.01. The normalized spacial score (nSPS) is 18.0. The Labute approximate surface area is 283 Å². The molecule has 2 atom stereocenters. The van der Waals surface area contributed by atoms with Gasteiger partial charge < -0.3 is 21.4 Å². The predicted octanol–water partition coefficient (Wildman–Crippen LogP) is 4.78. The van der Waals surface area contributed by atoms with Crippen molar-refractivity contribution in [2.45, 2.75) is 23.8 Å². The highest BCUT2D eigenvalue weighted by atomic mass is 32.2. The van der Waals surface area contributed by atoms with Crippen molar-refractivity contribution in [2.75, 3.05) is 23.0 Å². The third-order valence-corrected chi connectivity index (χ3v) is 11.5. The Morgan fingerprint density at radius 1 is 1.02 bits per heavy atom. The van der Waals surface area contributed by atoms with Crippen LogP contribution in [0, 0.1) is 0 Å². The molecule has 5 N–H and O–H groups in total. The maximum Gasteiger partial charge on any atom is 0.352 e. The molecule has 1 saturated heterocycles. The van der Waals surface area contributed by atoms with E-state index in [0.29, 0.717) is 22.1 Å². The number of nitrogens with two attached hydrogens (primary N) is 1. The first-order valence-electron chi connectivity index (χ1n) is 14.8. The number of carbonyl (C=O) groups is 3. The molecule has 0 saturated carbocycles. The number of hydrogen-bond donors (Lipinski definition) is 4. The van der Waals surface area contributed by atoms with Gasteiger partial charge >= 0.3 is 5.97 Å². The van der Waals surface area contributed by atoms with E-state index in [2.05, 4.69) is 10.5 Å². The van der Waals surface area contributed by atoms with E-state index < -0.39 is 40.3 Å². The van der Waals surface area contributed by atoms with Crippen molar-refractivity contribution in [1.82, 2.24) is 15.2 Å². The first-order chi connectivity index (χ1) is 22.8. The van der Waals surface area contributed by atoms with E-state index >= 15 is 0 Å². The Bertz CT molecular complexity index is 1770. The van der Waals surface area contributed by atoms with Crippen molar-refractivity contribution in [3.8, 4) is 0 Å². The summed E-state index contributed by atoms with van der Waals surface area (Å²) in [7, 11) is 0. The average Bonchev–Trinajstić information content (AvgIpc) is 3.48. The number of oxime groups is 1. The van der Waals surface area contributed by atoms with E-state index in [0.717, 1.165) is 22.4 Å². The zero-order valence-corrected chi connectivity index (χ0v) is 27.6. The van der Waals surface area contributed by atoms with Crippen LogP contribution in [0.5, 0.6) is 0 Å². The molecule has 2 amide bonds. The molecule has 0 radical (unpaired) electrons. The van der Waals surface area contributed by atoms with Crippen LogP contribution in [0.3, 0.4) is 0 Å². The van der Waals surface area contributed by atoms with Crippen molar-refractivity contribution in [3.05, 3.63) is 130 Å². The second kappa shape index (κ2) is 13.6. The average molecular weight is 686 g/mol. The van der Waals surface area contributed by atoms with Crippen LogP contribution in [-0.4, -0.2) is 72.4 Å². The van der Waals surface area contributed by atoms with Gasteiger partial charge in [0, 0.05) is 11.5 Å². The number of fused-ring (bicyclic) bond motifs is 1. The quantitative estimate of drug-likeness (QED) is 0.0574. The van der Waals surface area contributed by atoms with Gasteiger partial charge in [-0.15, -0.1) is 11.8 Å². The monoisotopic (exact) mass is 685 g/mol. The second-order valence-corrected chi connectivity index (χ2v) is 14.2. The van der Waals surface area contributed by atoms with E-state index in [1.54, 1.807) is 11.8 Å². The summed E-state index contributed by atoms with van der Waals surface area (Å²) in [6.07, 6.45) is 0. The molecule has 3 heterocycles. The van der Waals surface area contributed by atoms with Crippen LogP contribution in [0.1, 0.15) is 34.3 Å². The minimum absolute atomic E-state index is 0.0258. The number of nitrogens with one attached hydrogen (secondary N) is 1. The number of hydrogen-bond acceptors (Lipinski definition) is 10. The second-order valence-electron chi connectivity index (χ2n) is 10.8. The highest BCUT2D eigenvalue weighted by Crippen LogP contribution is 2.47. The van der Waals surface area contributed by atoms with Gasteiger partial charge in [0.25, 0.3) is 11.8 Å². The molecule has 13 heteroatoms. The molecule has 3 aromatic carbocycles. The Balaban J connectivity index is 1.36. The van der Waals surface area contributed by atoms with E-state index in [4.69, 9.17) is 10.7 Å². The van der Waals surface area contributed by atoms with Gasteiger partial charge in [-0.05, 0) is 28.0 Å². The molecule has 0 spiro atoms. The number of carbonyl (C=O) groups excluding carboxylic acids is 2. The maximum absolute atomic E-state index is 13.6. The third-order valence-electron chi connectivity index (χ3n) is 8.15. The fourth-order valence-electron chi connectivity index (χ4n) is 6.03. The number of thiazole rings is 1. The highest BCUT2D eigenvalue weighted by Gasteiger charge is 2.54. The summed E-state index contributed by atoms with van der Waals surface area (Å²) in [4.78, 5) is 45.1. The molecule has 1 aromatic heterocycles. The maximum atomic E-state index is 13.6. The first-order valence-corrected chi connectivity index (χ1v) is 17.8. The fourth-order valence-corrected chi connectivity index (χ4v) is 9.28. The van der Waals surface area contributed by atoms with E-state index in [1.165, 1.54) is 28.0 Å². The topological polar surface area (TPSA) is 158 Å². The molecule has 10 nitrogen and oxygen atoms in total. The number of carboxylic acid groups (broad SMARTS) is 1. The summed E-state index contributed by atoms with van der Waals surface area (Å²) in [5.41, 5.74) is 8.50. The Kier molecular flexibility index (Phi) is 9.39. The van der Waals surface area contributed by atoms with Crippen LogP contribution in [-0.2, 0) is 19.8 Å². The number of carboxylic acids is 1. The number of aliphatic carboxylic acids is 1. The minimum Gasteiger partial charge on any atom is -0.477 e. The van der Waals surface area contributed by atoms with Gasteiger partial charge in [-0.1, -0.05) is 114 Å². The molecular formula is C34H31N5O5S3. The van der Waals surface area contributed by atoms with Crippen molar-refractivity contribution in [2.24, 2.45) is 5.16 Å². The van der Waals surface area contributed by atoms with Gasteiger partial charge in [0.1, 0.15) is 32.8 Å². The summed E-state index contributed by atoms with van der Waals surface area (Å²) < 4.78 is 0. The van der Waals surface area contributed by atoms with E-state index in [-0.39, 0.29) is 16.4 Å². The Hall–Kier alpha value is -4.59. The number of anilines is 1. The lowest BCUT2D eigenvalue weighted by Crippen LogP contribution is -2.71. The van der Waals surface area contributed by atoms with Crippen LogP contribution >= 0.6 is 34.9 Å². The molecule has 240 valence electrons. The van der Waals surface area contributed by atoms with Gasteiger partial charge in [0.2, 0.25) is 0 Å². The van der Waals surface area contributed by atoms with Crippen LogP contribution in [0.4, 0.5) is 5.00 Å². The standard InChI is InChI=1S/C34H31N5O5S3/c1-2-45-18-20-19-46-31-26(30(41)39(31)27(20)32(42)43)36-29(40)25(38-44)24-28(35)47-33(37-24)34(21-12-6-3-7-13-21,22-14-8-4-9-15-22)23-16-10-5-11-17-23/h3-17,26,31,44H,2,18-19,35H2,1H3,(H,36,40)(H,42,43)/t26?,31-/m1/s1. The molecule has 2 aliphatic heterocycles. The molecule has 6 rings (SSSR count). The van der Waals surface area contributed by atoms with E-state index in [1.807, 2.05) is 97.9 Å². The molecular weight excluding hydrogens is 655 g/mol. The zero-order valence-electron chi connectivity index (χ0n) is 25.2. The van der Waals surface area contributed by atoms with Gasteiger partial charge in [-0.2, -0.15) is 11.8 Å². The molecule has 1 unspecified atom stereocenters. The summed E-state index contributed by atoms with van der Waals surface area (Å²) in [5, 5.41) is 26.1. The number of aromatic nitrogens is 1. The van der Waals surface area contributed by atoms with Gasteiger partial charge in [0.15, 0.2) is 5.71 Å². The van der Waals surface area contributed by atoms with Gasteiger partial charge in [-0.25, -0.2) is 9.78 Å². The number of thioether (sulfide) groups is 2. The van der Waals surface area contributed by atoms with Crippen molar-refractivity contribution >= 4 is 63.4 Å². The van der Waals surface area contributed by atoms with Crippen molar-refractivity contribution in [1.29, 1.82) is 0 Å². The largest absolute Gasteiger partial charge is 0.477 e. The molecule has 0 aliphatic carbocycles. The number of rotatable bonds is 11. The van der Waals surface area contributed by atoms with Crippen molar-refractivity contribution < 1.29 is 24.7 Å². The number of benzene rings is 3. The lowest BCUT2D eigenvalue weighted by molar-refractivity contribution is -0.150. The van der Waals surface area contributed by atoms with E-state index in [9.17, 15) is 24.7 Å². The molecule has 4 aromatic rings. The van der Waals surface area contributed by atoms with Crippen molar-refractivity contribution in [3.63, 3.8) is 0 Å². The van der Waals surface area contributed by atoms with Crippen LogP contribution in [0.25, 0.3) is 0 Å². The molecule has 1 fully saturated rings. The van der Waals surface area contributed by atoms with Crippen LogP contribution < -0.4 is 11.1 Å². The number of β-lactam (4-membered cyclic amide) rings is 1. The van der Waals surface area contributed by atoms with Crippen LogP contribution in [0.15, 0.2) is 107 Å². The minimum atomic E-state index is -1.18. The summed E-state index contributed by atoms with van der Waals surface area (Å²) >= 11 is 4.13. The zero-order chi connectivity index (χ0) is 33.1. The Morgan fingerprint density at radius 3 is 2.06 bits per heavy atom. The lowest BCUT2D eigenvalue weighted by Gasteiger charge is -2.49. The van der Waals surface area contributed by atoms with Crippen LogP contribution in [0.2, 0.25) is 0 Å². The molecule has 47 heavy (non-hydrogen) atoms. The first kappa shape index (κ1) is 32.4. The molecule has 0 bridgehead atoms. The number of amides is 2. The SMILES string of the molecule is CCSCC1=C(C(=O)O)N2C(=O)C(NC(=O)C(=NO)c3nc(C(c4ccccc4)(c4ccccc4)c4ccccc4)sc3N)[C@H]2SC1. The summed E-state index contributed by atoms with van der Waals surface area (Å²) in [5.74, 6) is -0.856. The summed E-state index contributed by atoms with van der Waals surface area (Å²) in [6.45, 7) is 1.98.